The van der Waals surface area contributed by atoms with Crippen molar-refractivity contribution in [2.75, 3.05) is 24.4 Å². The molecule has 8 heteroatoms. The van der Waals surface area contributed by atoms with Gasteiger partial charge in [-0.2, -0.15) is 11.8 Å². The van der Waals surface area contributed by atoms with E-state index in [0.29, 0.717) is 23.4 Å². The highest BCUT2D eigenvalue weighted by atomic mass is 32.2. The Labute approximate surface area is 178 Å². The number of aromatic nitrogens is 1. The second kappa shape index (κ2) is 9.76. The van der Waals surface area contributed by atoms with Gasteiger partial charge < -0.3 is 15.4 Å². The lowest BCUT2D eigenvalue weighted by Crippen LogP contribution is -2.44. The summed E-state index contributed by atoms with van der Waals surface area (Å²) in [6.45, 7) is 1.95. The molecule has 3 rings (SSSR count). The highest BCUT2D eigenvalue weighted by molar-refractivity contribution is 7.98. The second-order valence-corrected chi connectivity index (χ2v) is 8.66. The minimum Gasteiger partial charge on any atom is -0.497 e. The smallest absolute Gasteiger partial charge is 0.251 e. The maximum Gasteiger partial charge on any atom is 0.251 e. The molecule has 0 spiro atoms. The van der Waals surface area contributed by atoms with Crippen LogP contribution in [0.15, 0.2) is 42.5 Å². The van der Waals surface area contributed by atoms with Crippen LogP contribution in [-0.4, -0.2) is 42.0 Å². The van der Waals surface area contributed by atoms with E-state index in [2.05, 4.69) is 15.6 Å². The Morgan fingerprint density at radius 3 is 2.66 bits per heavy atom. The molecule has 0 bridgehead atoms. The molecule has 0 fully saturated rings. The summed E-state index contributed by atoms with van der Waals surface area (Å²) in [6.07, 6.45) is 2.51. The number of carbonyl (C=O) groups is 2. The number of rotatable bonds is 8. The van der Waals surface area contributed by atoms with Crippen LogP contribution in [-0.2, 0) is 4.79 Å². The lowest BCUT2D eigenvalue weighted by Gasteiger charge is -2.18. The van der Waals surface area contributed by atoms with Crippen molar-refractivity contribution in [3.63, 3.8) is 0 Å². The van der Waals surface area contributed by atoms with Gasteiger partial charge in [-0.05, 0) is 67.8 Å². The van der Waals surface area contributed by atoms with Crippen LogP contribution in [0, 0.1) is 6.92 Å². The summed E-state index contributed by atoms with van der Waals surface area (Å²) in [6, 6.07) is 11.8. The minimum atomic E-state index is -0.629. The van der Waals surface area contributed by atoms with Gasteiger partial charge in [-0.3, -0.25) is 9.59 Å². The average molecular weight is 430 g/mol. The summed E-state index contributed by atoms with van der Waals surface area (Å²) in [5, 5.41) is 6.76. The van der Waals surface area contributed by atoms with Gasteiger partial charge in [-0.25, -0.2) is 4.98 Å². The monoisotopic (exact) mass is 429 g/mol. The van der Waals surface area contributed by atoms with Crippen LogP contribution in [0.3, 0.4) is 0 Å². The van der Waals surface area contributed by atoms with E-state index in [1.54, 1.807) is 54.5 Å². The van der Waals surface area contributed by atoms with Crippen LogP contribution in [0.25, 0.3) is 10.2 Å². The first kappa shape index (κ1) is 21.1. The molecule has 0 unspecified atom stereocenters. The van der Waals surface area contributed by atoms with E-state index in [0.717, 1.165) is 21.0 Å². The van der Waals surface area contributed by atoms with Gasteiger partial charge in [0.25, 0.3) is 5.91 Å². The number of aryl methyl sites for hydroxylation is 1. The van der Waals surface area contributed by atoms with Gasteiger partial charge in [-0.15, -0.1) is 11.3 Å². The van der Waals surface area contributed by atoms with Gasteiger partial charge in [0, 0.05) is 11.3 Å². The van der Waals surface area contributed by atoms with Crippen molar-refractivity contribution in [1.29, 1.82) is 0 Å². The number of nitrogens with one attached hydrogen (secondary N) is 2. The normalized spacial score (nSPS) is 11.8. The fraction of sp³-hybridized carbons (Fsp3) is 0.286. The highest BCUT2D eigenvalue weighted by Crippen LogP contribution is 2.25. The van der Waals surface area contributed by atoms with Crippen LogP contribution >= 0.6 is 23.1 Å². The van der Waals surface area contributed by atoms with E-state index in [1.165, 1.54) is 0 Å². The molecule has 1 heterocycles. The predicted octanol–water partition coefficient (Wildman–Crippen LogP) is 4.10. The van der Waals surface area contributed by atoms with Gasteiger partial charge in [0.2, 0.25) is 5.91 Å². The molecule has 0 aliphatic heterocycles. The third-order valence-electron chi connectivity index (χ3n) is 4.35. The average Bonchev–Trinajstić information content (AvgIpc) is 3.10. The number of benzene rings is 2. The van der Waals surface area contributed by atoms with E-state index >= 15 is 0 Å². The van der Waals surface area contributed by atoms with Crippen LogP contribution < -0.4 is 15.4 Å². The van der Waals surface area contributed by atoms with Gasteiger partial charge in [0.15, 0.2) is 0 Å². The summed E-state index contributed by atoms with van der Waals surface area (Å²) in [4.78, 5) is 29.9. The largest absolute Gasteiger partial charge is 0.497 e. The number of carbonyl (C=O) groups excluding carboxylic acids is 2. The molecule has 0 saturated heterocycles. The van der Waals surface area contributed by atoms with Crippen LogP contribution in [0.5, 0.6) is 5.75 Å². The first-order chi connectivity index (χ1) is 14.0. The van der Waals surface area contributed by atoms with E-state index in [1.807, 2.05) is 31.4 Å². The molecule has 1 atom stereocenters. The van der Waals surface area contributed by atoms with Crippen molar-refractivity contribution in [2.45, 2.75) is 19.4 Å². The number of thiazole rings is 1. The molecule has 29 heavy (non-hydrogen) atoms. The van der Waals surface area contributed by atoms with Crippen molar-refractivity contribution in [2.24, 2.45) is 0 Å². The van der Waals surface area contributed by atoms with Gasteiger partial charge in [0.05, 0.1) is 22.3 Å². The molecular weight excluding hydrogens is 406 g/mol. The molecule has 2 N–H and O–H groups in total. The molecule has 0 aliphatic carbocycles. The molecule has 6 nitrogen and oxygen atoms in total. The van der Waals surface area contributed by atoms with Crippen molar-refractivity contribution in [3.8, 4) is 5.75 Å². The summed E-state index contributed by atoms with van der Waals surface area (Å²) >= 11 is 3.21. The number of fused-ring (bicyclic) bond motifs is 1. The zero-order chi connectivity index (χ0) is 20.8. The maximum absolute atomic E-state index is 12.9. The van der Waals surface area contributed by atoms with Crippen molar-refractivity contribution >= 4 is 50.8 Å². The maximum atomic E-state index is 12.9. The fourth-order valence-electron chi connectivity index (χ4n) is 2.84. The summed E-state index contributed by atoms with van der Waals surface area (Å²) < 4.78 is 6.13. The Morgan fingerprint density at radius 1 is 1.21 bits per heavy atom. The molecule has 2 amide bonds. The van der Waals surface area contributed by atoms with Crippen molar-refractivity contribution < 1.29 is 14.3 Å². The molecule has 152 valence electrons. The number of nitrogens with zero attached hydrogens (tertiary/aromatic N) is 1. The number of thioether (sulfide) groups is 1. The van der Waals surface area contributed by atoms with E-state index in [9.17, 15) is 9.59 Å². The Morgan fingerprint density at radius 2 is 1.97 bits per heavy atom. The third-order valence-corrected chi connectivity index (χ3v) is 5.93. The molecule has 0 saturated carbocycles. The fourth-order valence-corrected chi connectivity index (χ4v) is 4.17. The van der Waals surface area contributed by atoms with Crippen molar-refractivity contribution in [1.82, 2.24) is 10.3 Å². The van der Waals surface area contributed by atoms with Gasteiger partial charge in [-0.1, -0.05) is 0 Å². The minimum absolute atomic E-state index is 0.235. The zero-order valence-corrected chi connectivity index (χ0v) is 18.2. The second-order valence-electron chi connectivity index (χ2n) is 6.44. The number of ether oxygens (including phenoxy) is 1. The summed E-state index contributed by atoms with van der Waals surface area (Å²) in [7, 11) is 1.57. The summed E-state index contributed by atoms with van der Waals surface area (Å²) in [5.74, 6) is 0.907. The summed E-state index contributed by atoms with van der Waals surface area (Å²) in [5.41, 5.74) is 2.09. The Hall–Kier alpha value is -2.58. The van der Waals surface area contributed by atoms with Gasteiger partial charge in [0.1, 0.15) is 11.8 Å². The highest BCUT2D eigenvalue weighted by Gasteiger charge is 2.21. The third kappa shape index (κ3) is 5.48. The van der Waals surface area contributed by atoms with Gasteiger partial charge >= 0.3 is 0 Å². The zero-order valence-electron chi connectivity index (χ0n) is 16.5. The number of hydrogen-bond acceptors (Lipinski definition) is 6. The lowest BCUT2D eigenvalue weighted by molar-refractivity contribution is -0.118. The van der Waals surface area contributed by atoms with Crippen LogP contribution in [0.2, 0.25) is 0 Å². The Kier molecular flexibility index (Phi) is 7.11. The number of anilines is 1. The van der Waals surface area contributed by atoms with Crippen LogP contribution in [0.1, 0.15) is 21.8 Å². The van der Waals surface area contributed by atoms with E-state index < -0.39 is 6.04 Å². The van der Waals surface area contributed by atoms with Crippen LogP contribution in [0.4, 0.5) is 5.69 Å². The topological polar surface area (TPSA) is 80.3 Å². The quantitative estimate of drug-likeness (QED) is 0.563. The molecule has 1 aromatic heterocycles. The first-order valence-corrected chi connectivity index (χ1v) is 11.3. The number of hydrogen-bond donors (Lipinski definition) is 2. The molecule has 3 aromatic rings. The standard InChI is InChI=1S/C21H23N3O3S2/c1-13-22-17-9-6-15(12-19(17)29-13)23-21(26)18(10-11-28-3)24-20(25)14-4-7-16(27-2)8-5-14/h4-9,12,18H,10-11H2,1-3H3,(H,23,26)(H,24,25)/t18-/m0/s1. The van der Waals surface area contributed by atoms with E-state index in [-0.39, 0.29) is 11.8 Å². The molecular formula is C21H23N3O3S2. The SMILES string of the molecule is COc1ccc(C(=O)N[C@@H](CCSC)C(=O)Nc2ccc3nc(C)sc3c2)cc1. The predicted molar refractivity (Wildman–Crippen MR) is 120 cm³/mol. The molecule has 0 aliphatic rings. The van der Waals surface area contributed by atoms with Crippen molar-refractivity contribution in [3.05, 3.63) is 53.0 Å². The first-order valence-electron chi connectivity index (χ1n) is 9.12. The molecule has 2 aromatic carbocycles. The van der Waals surface area contributed by atoms with E-state index in [4.69, 9.17) is 4.74 Å². The lowest BCUT2D eigenvalue weighted by atomic mass is 10.1. The molecule has 0 radical (unpaired) electrons. The number of amides is 2. The Balaban J connectivity index is 1.71. The number of methoxy groups -OCH3 is 1. The Bertz CT molecular complexity index is 1000.